The highest BCUT2D eigenvalue weighted by Crippen LogP contribution is 2.28. The van der Waals surface area contributed by atoms with Crippen LogP contribution in [0.25, 0.3) is 0 Å². The summed E-state index contributed by atoms with van der Waals surface area (Å²) >= 11 is 0. The van der Waals surface area contributed by atoms with Crippen molar-refractivity contribution in [3.63, 3.8) is 0 Å². The summed E-state index contributed by atoms with van der Waals surface area (Å²) < 4.78 is 23.5. The minimum atomic E-state index is -0.753. The summed E-state index contributed by atoms with van der Waals surface area (Å²) in [5, 5.41) is 20.7. The molecular weight excluding hydrogens is 512 g/mol. The first kappa shape index (κ1) is 29.4. The highest BCUT2D eigenvalue weighted by Gasteiger charge is 2.33. The molecule has 9 heteroatoms. The Morgan fingerprint density at radius 2 is 1.85 bits per heavy atom. The van der Waals surface area contributed by atoms with Crippen LogP contribution in [0.5, 0.6) is 17.2 Å². The second kappa shape index (κ2) is 13.6. The fourth-order valence-corrected chi connectivity index (χ4v) is 4.63. The van der Waals surface area contributed by atoms with E-state index in [0.717, 1.165) is 11.1 Å². The molecule has 214 valence electrons. The third-order valence-electron chi connectivity index (χ3n) is 6.55. The van der Waals surface area contributed by atoms with Crippen LogP contribution < -0.4 is 15.2 Å². The van der Waals surface area contributed by atoms with Crippen LogP contribution in [-0.2, 0) is 22.4 Å². The summed E-state index contributed by atoms with van der Waals surface area (Å²) in [5.41, 5.74) is 7.42. The van der Waals surface area contributed by atoms with Crippen LogP contribution in [0, 0.1) is 0 Å². The van der Waals surface area contributed by atoms with Gasteiger partial charge in [-0.05, 0) is 49.2 Å². The molecule has 1 heterocycles. The average Bonchev–Trinajstić information content (AvgIpc) is 3.27. The fraction of sp³-hybridized carbons (Fsp3) is 0.387. The number of phenols is 1. The SMILES string of the molecule is CC1(C)OCC(Cc2ccccc2OCC(O)CN(CCOc2ccc(O)c(C(N)=O)c2)Cc2ccccc2)O1. The Kier molecular flexibility index (Phi) is 10.0. The smallest absolute Gasteiger partial charge is 0.252 e. The summed E-state index contributed by atoms with van der Waals surface area (Å²) in [4.78, 5) is 13.6. The third kappa shape index (κ3) is 8.69. The number of aliphatic hydroxyl groups excluding tert-OH is 1. The van der Waals surface area contributed by atoms with E-state index < -0.39 is 17.8 Å². The highest BCUT2D eigenvalue weighted by atomic mass is 16.7. The number of aromatic hydroxyl groups is 1. The Labute approximate surface area is 235 Å². The lowest BCUT2D eigenvalue weighted by Crippen LogP contribution is -2.37. The Hall–Kier alpha value is -3.63. The van der Waals surface area contributed by atoms with Crippen molar-refractivity contribution in [2.24, 2.45) is 5.73 Å². The molecule has 0 aliphatic carbocycles. The predicted molar refractivity (Wildman–Crippen MR) is 150 cm³/mol. The molecule has 4 N–H and O–H groups in total. The van der Waals surface area contributed by atoms with E-state index in [-0.39, 0.29) is 24.0 Å². The zero-order valence-corrected chi connectivity index (χ0v) is 23.0. The maximum Gasteiger partial charge on any atom is 0.252 e. The van der Waals surface area contributed by atoms with Gasteiger partial charge in [0.1, 0.15) is 36.6 Å². The lowest BCUT2D eigenvalue weighted by molar-refractivity contribution is -0.138. The lowest BCUT2D eigenvalue weighted by Gasteiger charge is -2.26. The molecule has 0 spiro atoms. The molecule has 0 bridgehead atoms. The number of hydrogen-bond donors (Lipinski definition) is 3. The lowest BCUT2D eigenvalue weighted by atomic mass is 10.1. The van der Waals surface area contributed by atoms with E-state index in [1.807, 2.05) is 68.4 Å². The molecule has 0 saturated carbocycles. The number of hydrogen-bond acceptors (Lipinski definition) is 8. The molecule has 1 aliphatic heterocycles. The molecule has 1 fully saturated rings. The number of benzene rings is 3. The van der Waals surface area contributed by atoms with Crippen LogP contribution in [0.4, 0.5) is 0 Å². The second-order valence-electron chi connectivity index (χ2n) is 10.3. The van der Waals surface area contributed by atoms with Crippen molar-refractivity contribution in [3.05, 3.63) is 89.5 Å². The van der Waals surface area contributed by atoms with Gasteiger partial charge in [-0.1, -0.05) is 48.5 Å². The van der Waals surface area contributed by atoms with Crippen molar-refractivity contribution < 1.29 is 34.0 Å². The van der Waals surface area contributed by atoms with Crippen molar-refractivity contribution in [3.8, 4) is 17.2 Å². The molecule has 1 amide bonds. The summed E-state index contributed by atoms with van der Waals surface area (Å²) in [7, 11) is 0. The van der Waals surface area contributed by atoms with Gasteiger partial charge in [0, 0.05) is 26.1 Å². The van der Waals surface area contributed by atoms with Gasteiger partial charge >= 0.3 is 0 Å². The van der Waals surface area contributed by atoms with Crippen molar-refractivity contribution in [1.82, 2.24) is 4.90 Å². The summed E-state index contributed by atoms with van der Waals surface area (Å²) in [6.07, 6.45) is -0.155. The van der Waals surface area contributed by atoms with Gasteiger partial charge in [0.2, 0.25) is 0 Å². The third-order valence-corrected chi connectivity index (χ3v) is 6.55. The number of nitrogens with two attached hydrogens (primary N) is 1. The van der Waals surface area contributed by atoms with Crippen LogP contribution in [0.2, 0.25) is 0 Å². The van der Waals surface area contributed by atoms with E-state index in [4.69, 9.17) is 24.7 Å². The quantitative estimate of drug-likeness (QED) is 0.279. The van der Waals surface area contributed by atoms with Crippen LogP contribution in [0.1, 0.15) is 35.3 Å². The van der Waals surface area contributed by atoms with Gasteiger partial charge in [-0.3, -0.25) is 9.69 Å². The normalized spacial score (nSPS) is 17.1. The first-order valence-electron chi connectivity index (χ1n) is 13.4. The monoisotopic (exact) mass is 550 g/mol. The number of primary amides is 1. The number of rotatable bonds is 14. The molecular formula is C31H38N2O7. The van der Waals surface area contributed by atoms with E-state index in [2.05, 4.69) is 4.90 Å². The topological polar surface area (TPSA) is 124 Å². The van der Waals surface area contributed by atoms with Crippen molar-refractivity contribution in [1.29, 1.82) is 0 Å². The van der Waals surface area contributed by atoms with Gasteiger partial charge in [-0.15, -0.1) is 0 Å². The average molecular weight is 551 g/mol. The van der Waals surface area contributed by atoms with Gasteiger partial charge in [-0.25, -0.2) is 0 Å². The zero-order valence-electron chi connectivity index (χ0n) is 23.0. The van der Waals surface area contributed by atoms with Crippen molar-refractivity contribution >= 4 is 5.91 Å². The molecule has 40 heavy (non-hydrogen) atoms. The maximum absolute atomic E-state index is 11.5. The van der Waals surface area contributed by atoms with E-state index >= 15 is 0 Å². The van der Waals surface area contributed by atoms with E-state index in [1.54, 1.807) is 6.07 Å². The molecule has 4 rings (SSSR count). The largest absolute Gasteiger partial charge is 0.507 e. The van der Waals surface area contributed by atoms with Gasteiger partial charge in [0.25, 0.3) is 5.91 Å². The summed E-state index contributed by atoms with van der Waals surface area (Å²) in [6.45, 7) is 6.22. The molecule has 3 aromatic rings. The Morgan fingerprint density at radius 1 is 1.10 bits per heavy atom. The van der Waals surface area contributed by atoms with Gasteiger partial charge in [0.05, 0.1) is 18.3 Å². The summed E-state index contributed by atoms with van der Waals surface area (Å²) in [6, 6.07) is 22.1. The number of carbonyl (C=O) groups excluding carboxylic acids is 1. The first-order valence-corrected chi connectivity index (χ1v) is 13.4. The number of amides is 1. The number of carbonyl (C=O) groups is 1. The molecule has 3 aromatic carbocycles. The number of para-hydroxylation sites is 1. The minimum Gasteiger partial charge on any atom is -0.507 e. The molecule has 0 aromatic heterocycles. The molecule has 9 nitrogen and oxygen atoms in total. The first-order chi connectivity index (χ1) is 19.2. The van der Waals surface area contributed by atoms with Crippen LogP contribution in [0.3, 0.4) is 0 Å². The maximum atomic E-state index is 11.5. The van der Waals surface area contributed by atoms with Crippen molar-refractivity contribution in [2.75, 3.05) is 32.9 Å². The highest BCUT2D eigenvalue weighted by molar-refractivity contribution is 5.95. The minimum absolute atomic E-state index is 0.00206. The van der Waals surface area contributed by atoms with E-state index in [0.29, 0.717) is 50.8 Å². The van der Waals surface area contributed by atoms with Crippen LogP contribution in [0.15, 0.2) is 72.8 Å². The Balaban J connectivity index is 1.34. The Bertz CT molecular complexity index is 1250. The van der Waals surface area contributed by atoms with Crippen LogP contribution in [-0.4, -0.2) is 71.9 Å². The van der Waals surface area contributed by atoms with Crippen LogP contribution >= 0.6 is 0 Å². The second-order valence-corrected chi connectivity index (χ2v) is 10.3. The zero-order chi connectivity index (χ0) is 28.5. The predicted octanol–water partition coefficient (Wildman–Crippen LogP) is 3.51. The number of aliphatic hydroxyl groups is 1. The van der Waals surface area contributed by atoms with Gasteiger partial charge in [-0.2, -0.15) is 0 Å². The number of ether oxygens (including phenoxy) is 4. The van der Waals surface area contributed by atoms with Gasteiger partial charge < -0.3 is 34.9 Å². The standard InChI is InChI=1S/C31H38N2O7/c1-31(2)39-21-26(40-31)16-23-10-6-7-11-29(23)38-20-24(34)19-33(18-22-8-4-3-5-9-22)14-15-37-25-12-13-28(35)27(17-25)30(32)36/h3-13,17,24,26,34-35H,14-16,18-21H2,1-2H3,(H2,32,36). The molecule has 2 atom stereocenters. The molecule has 2 unspecified atom stereocenters. The van der Waals surface area contributed by atoms with E-state index in [9.17, 15) is 15.0 Å². The van der Waals surface area contributed by atoms with Crippen molar-refractivity contribution in [2.45, 2.75) is 44.8 Å². The number of nitrogens with zero attached hydrogens (tertiary/aromatic N) is 1. The summed E-state index contributed by atoms with van der Waals surface area (Å²) in [5.74, 6) is -0.374. The molecule has 1 aliphatic rings. The Morgan fingerprint density at radius 3 is 2.58 bits per heavy atom. The fourth-order valence-electron chi connectivity index (χ4n) is 4.63. The molecule has 1 saturated heterocycles. The van der Waals surface area contributed by atoms with Gasteiger partial charge in [0.15, 0.2) is 5.79 Å². The van der Waals surface area contributed by atoms with E-state index in [1.165, 1.54) is 12.1 Å². The molecule has 0 radical (unpaired) electrons.